The first kappa shape index (κ1) is 12.0. The van der Waals surface area contributed by atoms with Crippen LogP contribution in [0.3, 0.4) is 0 Å². The lowest BCUT2D eigenvalue weighted by molar-refractivity contribution is -0.146. The predicted molar refractivity (Wildman–Crippen MR) is 64.9 cm³/mol. The van der Waals surface area contributed by atoms with Crippen LogP contribution in [0.2, 0.25) is 0 Å². The molecule has 3 rings (SSSR count). The molecule has 0 aromatic rings. The third-order valence-corrected chi connectivity index (χ3v) is 4.03. The Hall–Kier alpha value is -1.10. The number of hydrogen-bond donors (Lipinski definition) is 0. The monoisotopic (exact) mass is 252 g/mol. The Morgan fingerprint density at radius 2 is 1.50 bits per heavy atom. The lowest BCUT2D eigenvalue weighted by Crippen LogP contribution is -2.53. The first-order chi connectivity index (χ1) is 8.75. The molecule has 2 amide bonds. The van der Waals surface area contributed by atoms with Crippen LogP contribution in [0.5, 0.6) is 0 Å². The van der Waals surface area contributed by atoms with Crippen molar-refractivity contribution >= 4 is 11.8 Å². The smallest absolute Gasteiger partial charge is 0.251 e. The molecule has 1 aliphatic carbocycles. The van der Waals surface area contributed by atoms with E-state index in [1.807, 2.05) is 9.80 Å². The van der Waals surface area contributed by atoms with E-state index < -0.39 is 0 Å². The van der Waals surface area contributed by atoms with E-state index >= 15 is 0 Å². The number of ether oxygens (including phenoxy) is 1. The summed E-state index contributed by atoms with van der Waals surface area (Å²) in [5.41, 5.74) is 0. The number of nitrogens with zero attached hydrogens (tertiary/aromatic N) is 2. The van der Waals surface area contributed by atoms with Gasteiger partial charge in [-0.2, -0.15) is 0 Å². The van der Waals surface area contributed by atoms with Crippen LogP contribution in [-0.4, -0.2) is 60.5 Å². The summed E-state index contributed by atoms with van der Waals surface area (Å²) in [6.45, 7) is 3.41. The molecule has 1 atom stereocenters. The number of piperazine rings is 1. The molecule has 0 bridgehead atoms. The zero-order valence-electron chi connectivity index (χ0n) is 10.6. The molecule has 2 heterocycles. The van der Waals surface area contributed by atoms with Crippen LogP contribution < -0.4 is 0 Å². The maximum Gasteiger partial charge on any atom is 0.251 e. The van der Waals surface area contributed by atoms with Gasteiger partial charge in [-0.05, 0) is 25.7 Å². The largest absolute Gasteiger partial charge is 0.368 e. The Morgan fingerprint density at radius 3 is 2.00 bits per heavy atom. The minimum atomic E-state index is -0.226. The number of rotatable bonds is 2. The Morgan fingerprint density at radius 1 is 0.889 bits per heavy atom. The van der Waals surface area contributed by atoms with Gasteiger partial charge < -0.3 is 14.5 Å². The third-order valence-electron chi connectivity index (χ3n) is 4.03. The summed E-state index contributed by atoms with van der Waals surface area (Å²) in [6, 6.07) is 0. The molecule has 3 fully saturated rings. The van der Waals surface area contributed by atoms with Gasteiger partial charge in [0.2, 0.25) is 5.91 Å². The number of carbonyl (C=O) groups is 2. The summed E-state index contributed by atoms with van der Waals surface area (Å²) < 4.78 is 5.42. The molecule has 0 spiro atoms. The van der Waals surface area contributed by atoms with Crippen molar-refractivity contribution in [1.29, 1.82) is 0 Å². The first-order valence-electron chi connectivity index (χ1n) is 6.95. The fourth-order valence-corrected chi connectivity index (χ4v) is 2.71. The van der Waals surface area contributed by atoms with Crippen molar-refractivity contribution < 1.29 is 14.3 Å². The second-order valence-corrected chi connectivity index (χ2v) is 5.43. The Bertz CT molecular complexity index is 340. The molecule has 2 saturated heterocycles. The second kappa shape index (κ2) is 4.88. The van der Waals surface area contributed by atoms with Crippen molar-refractivity contribution in [3.05, 3.63) is 0 Å². The Balaban J connectivity index is 1.49. The molecular formula is C13H20N2O3. The predicted octanol–water partition coefficient (Wildman–Crippen LogP) is 0.246. The van der Waals surface area contributed by atoms with Crippen LogP contribution in [0.1, 0.15) is 25.7 Å². The normalized spacial score (nSPS) is 28.6. The van der Waals surface area contributed by atoms with Gasteiger partial charge in [0.25, 0.3) is 5.91 Å². The van der Waals surface area contributed by atoms with Gasteiger partial charge >= 0.3 is 0 Å². The van der Waals surface area contributed by atoms with Crippen molar-refractivity contribution in [3.8, 4) is 0 Å². The molecule has 0 radical (unpaired) electrons. The maximum atomic E-state index is 12.1. The molecule has 2 aliphatic heterocycles. The zero-order chi connectivity index (χ0) is 12.5. The van der Waals surface area contributed by atoms with Gasteiger partial charge in [-0.1, -0.05) is 0 Å². The zero-order valence-corrected chi connectivity index (χ0v) is 10.6. The highest BCUT2D eigenvalue weighted by Gasteiger charge is 2.36. The number of hydrogen-bond acceptors (Lipinski definition) is 3. The van der Waals surface area contributed by atoms with Crippen molar-refractivity contribution in [3.63, 3.8) is 0 Å². The third kappa shape index (κ3) is 2.36. The minimum absolute atomic E-state index is 0.117. The fourth-order valence-electron chi connectivity index (χ4n) is 2.71. The van der Waals surface area contributed by atoms with Gasteiger partial charge in [-0.3, -0.25) is 9.59 Å². The summed E-state index contributed by atoms with van der Waals surface area (Å²) in [4.78, 5) is 27.8. The van der Waals surface area contributed by atoms with Gasteiger partial charge in [-0.15, -0.1) is 0 Å². The number of carbonyl (C=O) groups excluding carboxylic acids is 2. The highest BCUT2D eigenvalue weighted by atomic mass is 16.5. The molecule has 0 aromatic heterocycles. The van der Waals surface area contributed by atoms with Gasteiger partial charge in [0.15, 0.2) is 0 Å². The lowest BCUT2D eigenvalue weighted by atomic mass is 10.2. The second-order valence-electron chi connectivity index (χ2n) is 5.43. The van der Waals surface area contributed by atoms with E-state index in [4.69, 9.17) is 4.74 Å². The summed E-state index contributed by atoms with van der Waals surface area (Å²) in [5.74, 6) is 0.690. The van der Waals surface area contributed by atoms with Crippen LogP contribution >= 0.6 is 0 Å². The lowest BCUT2D eigenvalue weighted by Gasteiger charge is -2.35. The van der Waals surface area contributed by atoms with Crippen molar-refractivity contribution in [2.24, 2.45) is 5.92 Å². The van der Waals surface area contributed by atoms with E-state index in [-0.39, 0.29) is 17.9 Å². The Kier molecular flexibility index (Phi) is 3.24. The molecule has 5 nitrogen and oxygen atoms in total. The average Bonchev–Trinajstić information content (AvgIpc) is 3.12. The van der Waals surface area contributed by atoms with Gasteiger partial charge in [-0.25, -0.2) is 0 Å². The van der Waals surface area contributed by atoms with Crippen LogP contribution in [0, 0.1) is 5.92 Å². The maximum absolute atomic E-state index is 12.1. The van der Waals surface area contributed by atoms with Crippen LogP contribution in [0.15, 0.2) is 0 Å². The van der Waals surface area contributed by atoms with Crippen LogP contribution in [-0.2, 0) is 14.3 Å². The van der Waals surface area contributed by atoms with Crippen LogP contribution in [0.25, 0.3) is 0 Å². The van der Waals surface area contributed by atoms with Crippen molar-refractivity contribution in [1.82, 2.24) is 9.80 Å². The highest BCUT2D eigenvalue weighted by molar-refractivity contribution is 5.83. The average molecular weight is 252 g/mol. The molecule has 1 saturated carbocycles. The van der Waals surface area contributed by atoms with Crippen molar-refractivity contribution in [2.45, 2.75) is 31.8 Å². The molecule has 18 heavy (non-hydrogen) atoms. The SMILES string of the molecule is O=C(C1CC1)N1CCN(C(=O)[C@@H]2CCCO2)CC1. The van der Waals surface area contributed by atoms with Gasteiger partial charge in [0.1, 0.15) is 6.10 Å². The summed E-state index contributed by atoms with van der Waals surface area (Å²) >= 11 is 0. The van der Waals surface area contributed by atoms with Crippen LogP contribution in [0.4, 0.5) is 0 Å². The van der Waals surface area contributed by atoms with Gasteiger partial charge in [0.05, 0.1) is 0 Å². The van der Waals surface area contributed by atoms with E-state index in [0.717, 1.165) is 25.7 Å². The minimum Gasteiger partial charge on any atom is -0.368 e. The van der Waals surface area contributed by atoms with Crippen molar-refractivity contribution in [2.75, 3.05) is 32.8 Å². The fraction of sp³-hybridized carbons (Fsp3) is 0.846. The molecule has 100 valence electrons. The summed E-state index contributed by atoms with van der Waals surface area (Å²) in [6.07, 6.45) is 3.70. The molecule has 3 aliphatic rings. The molecule has 0 unspecified atom stereocenters. The van der Waals surface area contributed by atoms with E-state index in [1.165, 1.54) is 0 Å². The molecule has 5 heteroatoms. The summed E-state index contributed by atoms with van der Waals surface area (Å²) in [7, 11) is 0. The van der Waals surface area contributed by atoms with E-state index in [2.05, 4.69) is 0 Å². The standard InChI is InChI=1S/C13H20N2O3/c16-12(10-3-4-10)14-5-7-15(8-6-14)13(17)11-2-1-9-18-11/h10-11H,1-9H2/t11-/m0/s1. The van der Waals surface area contributed by atoms with E-state index in [0.29, 0.717) is 38.7 Å². The Labute approximate surface area is 107 Å². The molecule has 0 aromatic carbocycles. The quantitative estimate of drug-likeness (QED) is 0.707. The summed E-state index contributed by atoms with van der Waals surface area (Å²) in [5, 5.41) is 0. The van der Waals surface area contributed by atoms with E-state index in [9.17, 15) is 9.59 Å². The topological polar surface area (TPSA) is 49.9 Å². The highest BCUT2D eigenvalue weighted by Crippen LogP contribution is 2.31. The molecular weight excluding hydrogens is 232 g/mol. The first-order valence-corrected chi connectivity index (χ1v) is 6.95. The van der Waals surface area contributed by atoms with Gasteiger partial charge in [0, 0.05) is 38.7 Å². The van der Waals surface area contributed by atoms with E-state index in [1.54, 1.807) is 0 Å². The molecule has 0 N–H and O–H groups in total. The number of amides is 2.